The predicted octanol–water partition coefficient (Wildman–Crippen LogP) is 5.06. The summed E-state index contributed by atoms with van der Waals surface area (Å²) in [6.07, 6.45) is 3.08. The Balaban J connectivity index is 1.58. The van der Waals surface area contributed by atoms with Gasteiger partial charge in [0.15, 0.2) is 0 Å². The van der Waals surface area contributed by atoms with Crippen molar-refractivity contribution in [1.82, 2.24) is 4.57 Å². The van der Waals surface area contributed by atoms with Gasteiger partial charge in [0, 0.05) is 34.4 Å². The number of nitrogens with one attached hydrogen (secondary N) is 1. The van der Waals surface area contributed by atoms with Crippen molar-refractivity contribution < 1.29 is 19.4 Å². The highest BCUT2D eigenvalue weighted by Gasteiger charge is 2.14. The van der Waals surface area contributed by atoms with E-state index in [0.29, 0.717) is 28.3 Å². The van der Waals surface area contributed by atoms with Gasteiger partial charge in [-0.05, 0) is 36.4 Å². The molecule has 4 rings (SSSR count). The maximum atomic E-state index is 12.8. The molecule has 1 amide bonds. The summed E-state index contributed by atoms with van der Waals surface area (Å²) in [5.41, 5.74) is 1.65. The number of nitriles is 1. The van der Waals surface area contributed by atoms with Gasteiger partial charge in [0.2, 0.25) is 0 Å². The lowest BCUT2D eigenvalue weighted by Crippen LogP contribution is -2.13. The second-order valence-electron chi connectivity index (χ2n) is 7.19. The maximum absolute atomic E-state index is 12.8. The van der Waals surface area contributed by atoms with Gasteiger partial charge in [-0.3, -0.25) is 9.59 Å². The van der Waals surface area contributed by atoms with Crippen LogP contribution < -0.4 is 10.1 Å². The first kappa shape index (κ1) is 21.4. The lowest BCUT2D eigenvalue weighted by molar-refractivity contribution is -0.137. The molecule has 4 aromatic rings. The number of amides is 1. The second kappa shape index (κ2) is 9.54. The first-order chi connectivity index (χ1) is 16.0. The molecule has 0 saturated heterocycles. The van der Waals surface area contributed by atoms with E-state index in [-0.39, 0.29) is 12.1 Å². The summed E-state index contributed by atoms with van der Waals surface area (Å²) in [5, 5.41) is 22.2. The standard InChI is InChI=1S/C26H19N3O4/c27-15-18(13-19-16-29(17-25(30)31)24-12-5-4-11-23(19)24)26(32)28-20-7-6-10-22(14-20)33-21-8-2-1-3-9-21/h1-14,16H,17H2,(H,28,32)(H,30,31)/b18-13+. The number of hydrogen-bond donors (Lipinski definition) is 2. The lowest BCUT2D eigenvalue weighted by atomic mass is 10.1. The van der Waals surface area contributed by atoms with E-state index >= 15 is 0 Å². The topological polar surface area (TPSA) is 104 Å². The van der Waals surface area contributed by atoms with Crippen LogP contribution in [0.4, 0.5) is 5.69 Å². The van der Waals surface area contributed by atoms with Crippen LogP contribution in [0, 0.1) is 11.3 Å². The van der Waals surface area contributed by atoms with Crippen molar-refractivity contribution >= 4 is 34.5 Å². The van der Waals surface area contributed by atoms with Gasteiger partial charge in [0.25, 0.3) is 5.91 Å². The Labute approximate surface area is 189 Å². The minimum absolute atomic E-state index is 0.109. The molecule has 0 radical (unpaired) electrons. The number of rotatable bonds is 7. The Hall–Kier alpha value is -4.83. The fourth-order valence-electron chi connectivity index (χ4n) is 3.43. The van der Waals surface area contributed by atoms with Crippen LogP contribution in [0.1, 0.15) is 5.56 Å². The van der Waals surface area contributed by atoms with Crippen LogP contribution in [0.2, 0.25) is 0 Å². The monoisotopic (exact) mass is 437 g/mol. The van der Waals surface area contributed by atoms with Crippen molar-refractivity contribution in [2.45, 2.75) is 6.54 Å². The Morgan fingerprint density at radius 2 is 1.73 bits per heavy atom. The predicted molar refractivity (Wildman–Crippen MR) is 125 cm³/mol. The highest BCUT2D eigenvalue weighted by atomic mass is 16.5. The summed E-state index contributed by atoms with van der Waals surface area (Å²) >= 11 is 0. The lowest BCUT2D eigenvalue weighted by Gasteiger charge is -2.08. The van der Waals surface area contributed by atoms with E-state index in [1.807, 2.05) is 48.5 Å². The number of anilines is 1. The number of nitrogens with zero attached hydrogens (tertiary/aromatic N) is 2. The van der Waals surface area contributed by atoms with Crippen LogP contribution in [0.5, 0.6) is 11.5 Å². The third-order valence-electron chi connectivity index (χ3n) is 4.86. The Bertz CT molecular complexity index is 1400. The summed E-state index contributed by atoms with van der Waals surface area (Å²) in [6, 6.07) is 25.3. The number of ether oxygens (including phenoxy) is 1. The number of para-hydroxylation sites is 2. The Morgan fingerprint density at radius 3 is 2.48 bits per heavy atom. The summed E-state index contributed by atoms with van der Waals surface area (Å²) in [5.74, 6) is -0.360. The average molecular weight is 437 g/mol. The zero-order valence-corrected chi connectivity index (χ0v) is 17.4. The molecule has 0 aliphatic heterocycles. The molecular formula is C26H19N3O4. The first-order valence-corrected chi connectivity index (χ1v) is 10.1. The summed E-state index contributed by atoms with van der Waals surface area (Å²) in [6.45, 7) is -0.226. The molecule has 0 atom stereocenters. The van der Waals surface area contributed by atoms with Crippen LogP contribution in [0.15, 0.2) is 90.6 Å². The maximum Gasteiger partial charge on any atom is 0.323 e. The zero-order chi connectivity index (χ0) is 23.2. The first-order valence-electron chi connectivity index (χ1n) is 10.1. The number of aromatic nitrogens is 1. The quantitative estimate of drug-likeness (QED) is 0.310. The van der Waals surface area contributed by atoms with Gasteiger partial charge >= 0.3 is 5.97 Å². The molecule has 0 spiro atoms. The molecule has 1 aromatic heterocycles. The SMILES string of the molecule is N#C/C(=C\c1cn(CC(=O)O)c2ccccc12)C(=O)Nc1cccc(Oc2ccccc2)c1. The molecule has 1 heterocycles. The minimum atomic E-state index is -0.984. The number of hydrogen-bond acceptors (Lipinski definition) is 4. The van der Waals surface area contributed by atoms with Gasteiger partial charge < -0.3 is 19.7 Å². The highest BCUT2D eigenvalue weighted by Crippen LogP contribution is 2.26. The average Bonchev–Trinajstić information content (AvgIpc) is 3.15. The third-order valence-corrected chi connectivity index (χ3v) is 4.86. The van der Waals surface area contributed by atoms with Gasteiger partial charge in [0.05, 0.1) is 0 Å². The van der Waals surface area contributed by atoms with Crippen LogP contribution in [0.25, 0.3) is 17.0 Å². The van der Waals surface area contributed by atoms with E-state index in [0.717, 1.165) is 5.39 Å². The zero-order valence-electron chi connectivity index (χ0n) is 17.4. The molecule has 0 aliphatic rings. The van der Waals surface area contributed by atoms with Crippen LogP contribution in [0.3, 0.4) is 0 Å². The highest BCUT2D eigenvalue weighted by molar-refractivity contribution is 6.10. The number of carbonyl (C=O) groups excluding carboxylic acids is 1. The Morgan fingerprint density at radius 1 is 1.00 bits per heavy atom. The molecule has 162 valence electrons. The van der Waals surface area contributed by atoms with Crippen molar-refractivity contribution in [3.05, 3.63) is 96.2 Å². The smallest absolute Gasteiger partial charge is 0.323 e. The number of aliphatic carboxylic acids is 1. The van der Waals surface area contributed by atoms with Gasteiger partial charge in [0.1, 0.15) is 29.7 Å². The Kier molecular flexibility index (Phi) is 6.19. The molecule has 0 saturated carbocycles. The molecule has 0 unspecified atom stereocenters. The minimum Gasteiger partial charge on any atom is -0.480 e. The van der Waals surface area contributed by atoms with E-state index < -0.39 is 11.9 Å². The fourth-order valence-corrected chi connectivity index (χ4v) is 3.43. The molecule has 0 fully saturated rings. The molecule has 0 bridgehead atoms. The van der Waals surface area contributed by atoms with Gasteiger partial charge in [-0.15, -0.1) is 0 Å². The van der Waals surface area contributed by atoms with Crippen molar-refractivity contribution in [2.75, 3.05) is 5.32 Å². The van der Waals surface area contributed by atoms with E-state index in [4.69, 9.17) is 9.84 Å². The molecule has 7 heteroatoms. The fraction of sp³-hybridized carbons (Fsp3) is 0.0385. The van der Waals surface area contributed by atoms with Crippen LogP contribution >= 0.6 is 0 Å². The molecule has 7 nitrogen and oxygen atoms in total. The van der Waals surface area contributed by atoms with Crippen molar-refractivity contribution in [3.8, 4) is 17.6 Å². The molecule has 3 aromatic carbocycles. The summed E-state index contributed by atoms with van der Waals surface area (Å²) in [4.78, 5) is 24.0. The normalized spacial score (nSPS) is 11.1. The second-order valence-corrected chi connectivity index (χ2v) is 7.19. The van der Waals surface area contributed by atoms with E-state index in [1.165, 1.54) is 6.08 Å². The van der Waals surface area contributed by atoms with Gasteiger partial charge in [-0.2, -0.15) is 5.26 Å². The number of carbonyl (C=O) groups is 2. The van der Waals surface area contributed by atoms with Crippen LogP contribution in [-0.4, -0.2) is 21.6 Å². The molecule has 0 aliphatic carbocycles. The molecule has 2 N–H and O–H groups in total. The van der Waals surface area contributed by atoms with Crippen molar-refractivity contribution in [3.63, 3.8) is 0 Å². The van der Waals surface area contributed by atoms with E-state index in [1.54, 1.807) is 47.2 Å². The van der Waals surface area contributed by atoms with Crippen molar-refractivity contribution in [2.24, 2.45) is 0 Å². The summed E-state index contributed by atoms with van der Waals surface area (Å²) < 4.78 is 7.35. The van der Waals surface area contributed by atoms with Crippen LogP contribution in [-0.2, 0) is 16.1 Å². The third kappa shape index (κ3) is 5.09. The molecular weight excluding hydrogens is 418 g/mol. The number of carboxylic acids is 1. The largest absolute Gasteiger partial charge is 0.480 e. The van der Waals surface area contributed by atoms with E-state index in [2.05, 4.69) is 5.32 Å². The van der Waals surface area contributed by atoms with E-state index in [9.17, 15) is 14.9 Å². The number of carboxylic acid groups (broad SMARTS) is 1. The van der Waals surface area contributed by atoms with Crippen molar-refractivity contribution in [1.29, 1.82) is 5.26 Å². The summed E-state index contributed by atoms with van der Waals surface area (Å²) in [7, 11) is 0. The van der Waals surface area contributed by atoms with Gasteiger partial charge in [-0.1, -0.05) is 42.5 Å². The number of benzene rings is 3. The molecule has 33 heavy (non-hydrogen) atoms. The number of fused-ring (bicyclic) bond motifs is 1. The van der Waals surface area contributed by atoms with Gasteiger partial charge in [-0.25, -0.2) is 0 Å².